The standard InChI is InChI=1S/C6H12O5S/c1-5(7)9-4-6(2,3)12-11-10-8/h8H,4H2,1-3H3/p-1. The Kier molecular flexibility index (Phi) is 5.23. The second kappa shape index (κ2) is 5.36. The number of carbonyl (C=O) groups excluding carboxylic acids is 1. The summed E-state index contributed by atoms with van der Waals surface area (Å²) in [6, 6.07) is 0. The van der Waals surface area contributed by atoms with Crippen LogP contribution in [0.4, 0.5) is 0 Å². The molecule has 0 fully saturated rings. The summed E-state index contributed by atoms with van der Waals surface area (Å²) in [6.45, 7) is 4.97. The van der Waals surface area contributed by atoms with Crippen molar-refractivity contribution in [2.75, 3.05) is 6.61 Å². The van der Waals surface area contributed by atoms with Crippen molar-refractivity contribution in [3.8, 4) is 0 Å². The molecule has 0 aliphatic rings. The highest BCUT2D eigenvalue weighted by atomic mass is 32.2. The normalized spacial score (nSPS) is 11.3. The number of hydrogen-bond acceptors (Lipinski definition) is 6. The van der Waals surface area contributed by atoms with Gasteiger partial charge < -0.3 is 9.99 Å². The minimum absolute atomic E-state index is 0.163. The van der Waals surface area contributed by atoms with Gasteiger partial charge in [0.25, 0.3) is 0 Å². The van der Waals surface area contributed by atoms with Crippen LogP contribution in [-0.2, 0) is 18.9 Å². The highest BCUT2D eigenvalue weighted by Gasteiger charge is 2.21. The van der Waals surface area contributed by atoms with Crippen LogP contribution in [0.1, 0.15) is 20.8 Å². The van der Waals surface area contributed by atoms with E-state index in [1.54, 1.807) is 13.8 Å². The molecule has 0 amide bonds. The van der Waals surface area contributed by atoms with Gasteiger partial charge in [0.15, 0.2) is 0 Å². The third-order valence-corrected chi connectivity index (χ3v) is 1.60. The van der Waals surface area contributed by atoms with Gasteiger partial charge in [0.2, 0.25) is 0 Å². The first-order chi connectivity index (χ1) is 5.48. The molecule has 0 radical (unpaired) electrons. The van der Waals surface area contributed by atoms with Crippen LogP contribution in [0.5, 0.6) is 0 Å². The van der Waals surface area contributed by atoms with E-state index >= 15 is 0 Å². The predicted octanol–water partition coefficient (Wildman–Crippen LogP) is 0.200. The van der Waals surface area contributed by atoms with Crippen molar-refractivity contribution >= 4 is 18.0 Å². The maximum atomic E-state index is 10.4. The maximum absolute atomic E-state index is 10.4. The molecule has 12 heavy (non-hydrogen) atoms. The van der Waals surface area contributed by atoms with Gasteiger partial charge in [-0.05, 0) is 13.8 Å². The molecule has 6 heteroatoms. The van der Waals surface area contributed by atoms with Gasteiger partial charge in [-0.15, -0.1) is 0 Å². The largest absolute Gasteiger partial charge is 0.691 e. The van der Waals surface area contributed by atoms with Crippen LogP contribution in [0.2, 0.25) is 0 Å². The fourth-order valence-corrected chi connectivity index (χ4v) is 0.724. The van der Waals surface area contributed by atoms with E-state index < -0.39 is 4.75 Å². The van der Waals surface area contributed by atoms with Crippen LogP contribution in [-0.4, -0.2) is 17.3 Å². The van der Waals surface area contributed by atoms with Gasteiger partial charge in [0.1, 0.15) is 6.61 Å². The molecule has 0 aromatic carbocycles. The SMILES string of the molecule is CC(=O)OCC(C)(C)SOO[O-]. The number of hydrogen-bond donors (Lipinski definition) is 0. The Bertz CT molecular complexity index is 147. The van der Waals surface area contributed by atoms with E-state index in [4.69, 9.17) is 4.74 Å². The van der Waals surface area contributed by atoms with Crippen molar-refractivity contribution in [2.24, 2.45) is 0 Å². The number of ether oxygens (including phenoxy) is 1. The number of esters is 1. The molecule has 0 rings (SSSR count). The zero-order chi connectivity index (χ0) is 9.61. The Hall–Kier alpha value is -0.300. The third kappa shape index (κ3) is 6.41. The average molecular weight is 195 g/mol. The molecule has 0 aliphatic carbocycles. The van der Waals surface area contributed by atoms with Crippen molar-refractivity contribution in [3.63, 3.8) is 0 Å². The maximum Gasteiger partial charge on any atom is 0.302 e. The molecule has 0 heterocycles. The van der Waals surface area contributed by atoms with Crippen molar-refractivity contribution in [1.29, 1.82) is 0 Å². The molecular weight excluding hydrogens is 184 g/mol. The zero-order valence-electron chi connectivity index (χ0n) is 7.16. The Morgan fingerprint density at radius 3 is 2.58 bits per heavy atom. The predicted molar refractivity (Wildman–Crippen MR) is 40.5 cm³/mol. The molecule has 5 nitrogen and oxygen atoms in total. The Morgan fingerprint density at radius 1 is 1.58 bits per heavy atom. The lowest BCUT2D eigenvalue weighted by atomic mass is 10.2. The van der Waals surface area contributed by atoms with Gasteiger partial charge in [-0.2, -0.15) is 4.33 Å². The van der Waals surface area contributed by atoms with Crippen LogP contribution in [0.25, 0.3) is 0 Å². The van der Waals surface area contributed by atoms with Crippen molar-refractivity contribution < 1.29 is 24.2 Å². The van der Waals surface area contributed by atoms with E-state index in [1.807, 2.05) is 0 Å². The first-order valence-electron chi connectivity index (χ1n) is 3.25. The van der Waals surface area contributed by atoms with Crippen LogP contribution in [0, 0.1) is 0 Å². The van der Waals surface area contributed by atoms with Gasteiger partial charge in [0.05, 0.1) is 4.75 Å². The fraction of sp³-hybridized carbons (Fsp3) is 0.833. The highest BCUT2D eigenvalue weighted by Crippen LogP contribution is 2.25. The van der Waals surface area contributed by atoms with Crippen LogP contribution >= 0.6 is 12.0 Å². The topological polar surface area (TPSA) is 67.8 Å². The summed E-state index contributed by atoms with van der Waals surface area (Å²) in [5.74, 6) is -0.369. The Morgan fingerprint density at radius 2 is 2.17 bits per heavy atom. The summed E-state index contributed by atoms with van der Waals surface area (Å²) in [6.07, 6.45) is 0. The molecule has 72 valence electrons. The lowest BCUT2D eigenvalue weighted by Crippen LogP contribution is -2.25. The van der Waals surface area contributed by atoms with Crippen molar-refractivity contribution in [2.45, 2.75) is 25.5 Å². The molecule has 0 N–H and O–H groups in total. The molecule has 0 unspecified atom stereocenters. The van der Waals surface area contributed by atoms with E-state index in [-0.39, 0.29) is 12.6 Å². The number of carbonyl (C=O) groups is 1. The first-order valence-corrected chi connectivity index (χ1v) is 4.00. The second-order valence-electron chi connectivity index (χ2n) is 2.76. The van der Waals surface area contributed by atoms with Gasteiger partial charge in [-0.3, -0.25) is 9.83 Å². The lowest BCUT2D eigenvalue weighted by molar-refractivity contribution is -0.777. The highest BCUT2D eigenvalue weighted by molar-refractivity contribution is 7.95. The summed E-state index contributed by atoms with van der Waals surface area (Å²) < 4.78 is 8.32. The summed E-state index contributed by atoms with van der Waals surface area (Å²) in [5.41, 5.74) is 0. The van der Waals surface area contributed by atoms with E-state index in [0.29, 0.717) is 0 Å². The smallest absolute Gasteiger partial charge is 0.302 e. The molecule has 0 saturated heterocycles. The van der Waals surface area contributed by atoms with Crippen LogP contribution in [0.15, 0.2) is 0 Å². The van der Waals surface area contributed by atoms with Gasteiger partial charge in [-0.25, -0.2) is 0 Å². The van der Waals surface area contributed by atoms with Gasteiger partial charge in [-0.1, -0.05) is 0 Å². The lowest BCUT2D eigenvalue weighted by Gasteiger charge is -2.21. The number of rotatable bonds is 5. The van der Waals surface area contributed by atoms with Crippen molar-refractivity contribution in [1.82, 2.24) is 0 Å². The minimum atomic E-state index is -0.490. The fourth-order valence-electron chi connectivity index (χ4n) is 0.405. The second-order valence-corrected chi connectivity index (χ2v) is 4.17. The monoisotopic (exact) mass is 195 g/mol. The molecule has 0 aromatic rings. The molecular formula is C6H11O5S-. The van der Waals surface area contributed by atoms with Gasteiger partial charge in [0, 0.05) is 19.0 Å². The third-order valence-electron chi connectivity index (χ3n) is 0.910. The van der Waals surface area contributed by atoms with E-state index in [2.05, 4.69) is 9.37 Å². The van der Waals surface area contributed by atoms with Crippen molar-refractivity contribution in [3.05, 3.63) is 0 Å². The molecule has 0 atom stereocenters. The van der Waals surface area contributed by atoms with Crippen LogP contribution < -0.4 is 5.26 Å². The molecule has 0 aliphatic heterocycles. The van der Waals surface area contributed by atoms with E-state index in [9.17, 15) is 10.1 Å². The first kappa shape index (κ1) is 11.7. The molecule has 0 aromatic heterocycles. The summed E-state index contributed by atoms with van der Waals surface area (Å²) in [4.78, 5) is 10.4. The summed E-state index contributed by atoms with van der Waals surface area (Å²) >= 11 is 0.809. The summed E-state index contributed by atoms with van der Waals surface area (Å²) in [5, 5.41) is 12.6. The minimum Gasteiger partial charge on any atom is -0.691 e. The Labute approximate surface area is 75.1 Å². The van der Waals surface area contributed by atoms with Crippen LogP contribution in [0.3, 0.4) is 0 Å². The summed E-state index contributed by atoms with van der Waals surface area (Å²) in [7, 11) is 0. The quantitative estimate of drug-likeness (QED) is 0.270. The molecule has 0 saturated carbocycles. The van der Waals surface area contributed by atoms with E-state index in [1.165, 1.54) is 6.92 Å². The molecule has 0 spiro atoms. The van der Waals surface area contributed by atoms with E-state index in [0.717, 1.165) is 12.0 Å². The van der Waals surface area contributed by atoms with Gasteiger partial charge >= 0.3 is 5.97 Å². The average Bonchev–Trinajstić information content (AvgIpc) is 1.98. The Balaban J connectivity index is 3.63. The zero-order valence-corrected chi connectivity index (χ0v) is 7.97. The molecule has 0 bridgehead atoms.